The highest BCUT2D eigenvalue weighted by molar-refractivity contribution is 5.20. The van der Waals surface area contributed by atoms with E-state index in [0.717, 1.165) is 19.7 Å². The first-order chi connectivity index (χ1) is 8.49. The molecule has 0 amide bonds. The van der Waals surface area contributed by atoms with Crippen LogP contribution in [0.4, 0.5) is 0 Å². The monoisotopic (exact) mass is 248 g/mol. The molecule has 0 radical (unpaired) electrons. The van der Waals surface area contributed by atoms with Crippen LogP contribution in [0.2, 0.25) is 0 Å². The average Bonchev–Trinajstić information content (AvgIpc) is 2.28. The van der Waals surface area contributed by atoms with Crippen molar-refractivity contribution in [2.45, 2.75) is 38.5 Å². The van der Waals surface area contributed by atoms with Gasteiger partial charge in [-0.05, 0) is 26.3 Å². The topological polar surface area (TPSA) is 38.5 Å². The highest BCUT2D eigenvalue weighted by Gasteiger charge is 2.33. The molecule has 18 heavy (non-hydrogen) atoms. The zero-order chi connectivity index (χ0) is 13.2. The molecule has 0 saturated carbocycles. The van der Waals surface area contributed by atoms with E-state index in [4.69, 9.17) is 10.5 Å². The zero-order valence-corrected chi connectivity index (χ0v) is 11.6. The maximum atomic E-state index is 6.21. The fourth-order valence-electron chi connectivity index (χ4n) is 2.79. The molecule has 2 atom stereocenters. The Morgan fingerprint density at radius 2 is 1.94 bits per heavy atom. The van der Waals surface area contributed by atoms with E-state index in [2.05, 4.69) is 49.9 Å². The predicted octanol–water partition coefficient (Wildman–Crippen LogP) is 2.19. The molecule has 2 unspecified atom stereocenters. The van der Waals surface area contributed by atoms with Crippen LogP contribution in [0.5, 0.6) is 0 Å². The maximum Gasteiger partial charge on any atom is 0.0753 e. The van der Waals surface area contributed by atoms with E-state index in [1.165, 1.54) is 5.56 Å². The van der Waals surface area contributed by atoms with E-state index in [-0.39, 0.29) is 17.7 Å². The van der Waals surface area contributed by atoms with Crippen LogP contribution in [0.15, 0.2) is 30.3 Å². The molecule has 1 heterocycles. The molecule has 1 aromatic rings. The van der Waals surface area contributed by atoms with E-state index < -0.39 is 0 Å². The standard InChI is InChI=1S/C15H24N2O/c1-12(16)14(13-7-5-4-6-8-13)17-9-10-18-15(2,3)11-17/h4-8,12,14H,9-11,16H2,1-3H3. The molecular weight excluding hydrogens is 224 g/mol. The lowest BCUT2D eigenvalue weighted by molar-refractivity contribution is -0.0995. The van der Waals surface area contributed by atoms with Crippen molar-refractivity contribution >= 4 is 0 Å². The number of ether oxygens (including phenoxy) is 1. The summed E-state index contributed by atoms with van der Waals surface area (Å²) >= 11 is 0. The van der Waals surface area contributed by atoms with Crippen LogP contribution in [-0.2, 0) is 4.74 Å². The largest absolute Gasteiger partial charge is 0.373 e. The summed E-state index contributed by atoms with van der Waals surface area (Å²) < 4.78 is 5.78. The van der Waals surface area contributed by atoms with Crippen molar-refractivity contribution in [1.82, 2.24) is 4.90 Å². The fraction of sp³-hybridized carbons (Fsp3) is 0.600. The summed E-state index contributed by atoms with van der Waals surface area (Å²) in [7, 11) is 0. The summed E-state index contributed by atoms with van der Waals surface area (Å²) in [4.78, 5) is 2.45. The average molecular weight is 248 g/mol. The van der Waals surface area contributed by atoms with Crippen molar-refractivity contribution in [3.05, 3.63) is 35.9 Å². The quantitative estimate of drug-likeness (QED) is 0.891. The Morgan fingerprint density at radius 3 is 2.50 bits per heavy atom. The van der Waals surface area contributed by atoms with Gasteiger partial charge in [-0.15, -0.1) is 0 Å². The van der Waals surface area contributed by atoms with Gasteiger partial charge in [0.1, 0.15) is 0 Å². The van der Waals surface area contributed by atoms with Gasteiger partial charge in [-0.1, -0.05) is 30.3 Å². The second kappa shape index (κ2) is 5.39. The van der Waals surface area contributed by atoms with Gasteiger partial charge in [0.05, 0.1) is 12.2 Å². The number of benzene rings is 1. The van der Waals surface area contributed by atoms with Gasteiger partial charge in [0, 0.05) is 25.2 Å². The lowest BCUT2D eigenvalue weighted by atomic mass is 9.96. The molecule has 100 valence electrons. The highest BCUT2D eigenvalue weighted by atomic mass is 16.5. The highest BCUT2D eigenvalue weighted by Crippen LogP contribution is 2.28. The number of nitrogens with zero attached hydrogens (tertiary/aromatic N) is 1. The molecule has 1 aliphatic rings. The van der Waals surface area contributed by atoms with Gasteiger partial charge in [0.25, 0.3) is 0 Å². The summed E-state index contributed by atoms with van der Waals surface area (Å²) in [5.41, 5.74) is 7.42. The molecule has 0 aliphatic carbocycles. The number of nitrogens with two attached hydrogens (primary N) is 1. The molecule has 1 aliphatic heterocycles. The summed E-state index contributed by atoms with van der Waals surface area (Å²) in [6, 6.07) is 10.9. The predicted molar refractivity (Wildman–Crippen MR) is 74.4 cm³/mol. The number of hydrogen-bond acceptors (Lipinski definition) is 3. The summed E-state index contributed by atoms with van der Waals surface area (Å²) in [6.45, 7) is 9.02. The Balaban J connectivity index is 2.21. The summed E-state index contributed by atoms with van der Waals surface area (Å²) in [6.07, 6.45) is 0. The van der Waals surface area contributed by atoms with Crippen LogP contribution >= 0.6 is 0 Å². The molecule has 3 heteroatoms. The third kappa shape index (κ3) is 3.10. The first-order valence-corrected chi connectivity index (χ1v) is 6.68. The van der Waals surface area contributed by atoms with Crippen molar-refractivity contribution < 1.29 is 4.74 Å². The molecule has 0 bridgehead atoms. The number of morpholine rings is 1. The van der Waals surface area contributed by atoms with Crippen molar-refractivity contribution in [2.24, 2.45) is 5.73 Å². The first-order valence-electron chi connectivity index (χ1n) is 6.68. The van der Waals surface area contributed by atoms with E-state index in [1.807, 2.05) is 6.07 Å². The first kappa shape index (κ1) is 13.5. The second-order valence-corrected chi connectivity index (χ2v) is 5.79. The van der Waals surface area contributed by atoms with Crippen LogP contribution in [0.1, 0.15) is 32.4 Å². The van der Waals surface area contributed by atoms with E-state index >= 15 is 0 Å². The van der Waals surface area contributed by atoms with Crippen LogP contribution < -0.4 is 5.73 Å². The minimum Gasteiger partial charge on any atom is -0.373 e. The molecule has 1 aromatic carbocycles. The van der Waals surface area contributed by atoms with Crippen molar-refractivity contribution in [2.75, 3.05) is 19.7 Å². The number of hydrogen-bond donors (Lipinski definition) is 1. The van der Waals surface area contributed by atoms with Gasteiger partial charge in [0.2, 0.25) is 0 Å². The lowest BCUT2D eigenvalue weighted by Gasteiger charge is -2.43. The minimum atomic E-state index is -0.0832. The van der Waals surface area contributed by atoms with Crippen LogP contribution in [0, 0.1) is 0 Å². The molecule has 0 aromatic heterocycles. The maximum absolute atomic E-state index is 6.21. The van der Waals surface area contributed by atoms with Crippen LogP contribution in [-0.4, -0.2) is 36.2 Å². The third-order valence-electron chi connectivity index (χ3n) is 3.49. The molecular formula is C15H24N2O. The van der Waals surface area contributed by atoms with Gasteiger partial charge >= 0.3 is 0 Å². The van der Waals surface area contributed by atoms with Gasteiger partial charge in [-0.3, -0.25) is 4.90 Å². The second-order valence-electron chi connectivity index (χ2n) is 5.79. The van der Waals surface area contributed by atoms with Crippen LogP contribution in [0.25, 0.3) is 0 Å². The Bertz CT molecular complexity index is 375. The van der Waals surface area contributed by atoms with E-state index in [9.17, 15) is 0 Å². The molecule has 3 nitrogen and oxygen atoms in total. The SMILES string of the molecule is CC(N)C(c1ccccc1)N1CCOC(C)(C)C1. The molecule has 0 spiro atoms. The molecule has 2 N–H and O–H groups in total. The lowest BCUT2D eigenvalue weighted by Crippen LogP contribution is -2.52. The van der Waals surface area contributed by atoms with Gasteiger partial charge in [-0.25, -0.2) is 0 Å². The summed E-state index contributed by atoms with van der Waals surface area (Å²) in [5, 5.41) is 0. The van der Waals surface area contributed by atoms with Gasteiger partial charge in [0.15, 0.2) is 0 Å². The minimum absolute atomic E-state index is 0.0832. The Kier molecular flexibility index (Phi) is 4.05. The van der Waals surface area contributed by atoms with E-state index in [0.29, 0.717) is 0 Å². The Morgan fingerprint density at radius 1 is 1.28 bits per heavy atom. The smallest absolute Gasteiger partial charge is 0.0753 e. The Labute approximate surface area is 110 Å². The van der Waals surface area contributed by atoms with Crippen molar-refractivity contribution in [1.29, 1.82) is 0 Å². The Hall–Kier alpha value is -0.900. The number of rotatable bonds is 3. The third-order valence-corrected chi connectivity index (χ3v) is 3.49. The van der Waals surface area contributed by atoms with Crippen molar-refractivity contribution in [3.8, 4) is 0 Å². The molecule has 1 saturated heterocycles. The van der Waals surface area contributed by atoms with E-state index in [1.54, 1.807) is 0 Å². The summed E-state index contributed by atoms with van der Waals surface area (Å²) in [5.74, 6) is 0. The fourth-order valence-corrected chi connectivity index (χ4v) is 2.79. The zero-order valence-electron chi connectivity index (χ0n) is 11.6. The van der Waals surface area contributed by atoms with Crippen LogP contribution in [0.3, 0.4) is 0 Å². The molecule has 1 fully saturated rings. The van der Waals surface area contributed by atoms with Crippen molar-refractivity contribution in [3.63, 3.8) is 0 Å². The molecule has 2 rings (SSSR count). The van der Waals surface area contributed by atoms with Gasteiger partial charge in [-0.2, -0.15) is 0 Å². The normalized spacial score (nSPS) is 23.6. The van der Waals surface area contributed by atoms with Gasteiger partial charge < -0.3 is 10.5 Å².